The molecule has 10 heteroatoms. The molecule has 0 unspecified atom stereocenters. The average Bonchev–Trinajstić information content (AvgIpc) is 3.49. The van der Waals surface area contributed by atoms with Gasteiger partial charge in [0, 0.05) is 38.0 Å². The quantitative estimate of drug-likeness (QED) is 0.449. The third-order valence-corrected chi connectivity index (χ3v) is 8.55. The van der Waals surface area contributed by atoms with Gasteiger partial charge in [-0.25, -0.2) is 9.59 Å². The molecule has 0 aromatic rings. The minimum atomic E-state index is -0.944. The van der Waals surface area contributed by atoms with E-state index in [1.54, 1.807) is 6.42 Å². The fourth-order valence-electron chi connectivity index (χ4n) is 6.85. The van der Waals surface area contributed by atoms with Crippen LogP contribution >= 0.6 is 0 Å². The molecular formula is C25H40N4O6. The molecule has 10 nitrogen and oxygen atoms in total. The van der Waals surface area contributed by atoms with Crippen molar-refractivity contribution in [2.24, 2.45) is 11.8 Å². The first-order chi connectivity index (χ1) is 16.8. The highest BCUT2D eigenvalue weighted by Gasteiger charge is 2.46. The van der Waals surface area contributed by atoms with E-state index < -0.39 is 24.0 Å². The normalized spacial score (nSPS) is 36.2. The predicted molar refractivity (Wildman–Crippen MR) is 128 cm³/mol. The predicted octanol–water partition coefficient (Wildman–Crippen LogP) is 1.04. The fourth-order valence-corrected chi connectivity index (χ4v) is 6.85. The lowest BCUT2D eigenvalue weighted by Gasteiger charge is -2.57. The summed E-state index contributed by atoms with van der Waals surface area (Å²) in [6.45, 7) is 5.68. The van der Waals surface area contributed by atoms with Crippen LogP contribution in [-0.4, -0.2) is 94.1 Å². The summed E-state index contributed by atoms with van der Waals surface area (Å²) in [6, 6.07) is 0.640. The summed E-state index contributed by atoms with van der Waals surface area (Å²) < 4.78 is 0. The van der Waals surface area contributed by atoms with Crippen molar-refractivity contribution < 1.29 is 29.4 Å². The van der Waals surface area contributed by atoms with Crippen molar-refractivity contribution in [1.82, 2.24) is 20.4 Å². The minimum absolute atomic E-state index is 0.164. The van der Waals surface area contributed by atoms with Crippen LogP contribution in [0.5, 0.6) is 0 Å². The van der Waals surface area contributed by atoms with Crippen LogP contribution in [0.2, 0.25) is 0 Å². The number of amides is 2. The van der Waals surface area contributed by atoms with Gasteiger partial charge in [0.25, 0.3) is 0 Å². The average molecular weight is 493 g/mol. The highest BCUT2D eigenvalue weighted by Crippen LogP contribution is 2.42. The summed E-state index contributed by atoms with van der Waals surface area (Å²) >= 11 is 0. The van der Waals surface area contributed by atoms with Gasteiger partial charge in [-0.1, -0.05) is 12.8 Å². The van der Waals surface area contributed by atoms with Crippen LogP contribution in [-0.2, 0) is 19.2 Å². The third kappa shape index (κ3) is 6.52. The maximum absolute atomic E-state index is 10.4. The second-order valence-corrected chi connectivity index (χ2v) is 10.9. The van der Waals surface area contributed by atoms with Crippen LogP contribution in [0.4, 0.5) is 0 Å². The van der Waals surface area contributed by atoms with Crippen LogP contribution in [0.1, 0.15) is 70.6 Å². The molecule has 0 aromatic heterocycles. The van der Waals surface area contributed by atoms with Gasteiger partial charge in [0.2, 0.25) is 11.8 Å². The number of fused-ring (bicyclic) bond motifs is 6. The first-order valence-corrected chi connectivity index (χ1v) is 13.3. The third-order valence-electron chi connectivity index (χ3n) is 8.55. The van der Waals surface area contributed by atoms with E-state index in [1.165, 1.54) is 64.7 Å². The first-order valence-electron chi connectivity index (χ1n) is 13.3. The van der Waals surface area contributed by atoms with Gasteiger partial charge in [0.1, 0.15) is 12.1 Å². The summed E-state index contributed by atoms with van der Waals surface area (Å²) in [4.78, 5) is 46.8. The molecule has 0 saturated carbocycles. The number of rotatable bonds is 2. The summed E-state index contributed by atoms with van der Waals surface area (Å²) in [5.41, 5.74) is 0. The molecular weight excluding hydrogens is 452 g/mol. The number of carbonyl (C=O) groups excluding carboxylic acids is 2. The van der Waals surface area contributed by atoms with Crippen molar-refractivity contribution in [3.05, 3.63) is 0 Å². The Morgan fingerprint density at radius 3 is 1.43 bits per heavy atom. The molecule has 0 radical (unpaired) electrons. The second kappa shape index (κ2) is 11.7. The lowest BCUT2D eigenvalue weighted by atomic mass is 9.71. The van der Waals surface area contributed by atoms with Crippen molar-refractivity contribution in [2.45, 2.75) is 94.8 Å². The summed E-state index contributed by atoms with van der Waals surface area (Å²) in [5.74, 6) is -0.182. The van der Waals surface area contributed by atoms with Crippen LogP contribution in [0, 0.1) is 11.8 Å². The van der Waals surface area contributed by atoms with Crippen LogP contribution in [0.25, 0.3) is 0 Å². The van der Waals surface area contributed by atoms with Crippen LogP contribution in [0.15, 0.2) is 0 Å². The molecule has 4 N–H and O–H groups in total. The fraction of sp³-hybridized carbons (Fsp3) is 0.840. The van der Waals surface area contributed by atoms with Gasteiger partial charge < -0.3 is 20.8 Å². The molecule has 35 heavy (non-hydrogen) atoms. The number of nitrogens with zero attached hydrogens (tertiary/aromatic N) is 2. The highest BCUT2D eigenvalue weighted by molar-refractivity contribution is 5.87. The highest BCUT2D eigenvalue weighted by atomic mass is 16.4. The van der Waals surface area contributed by atoms with E-state index in [9.17, 15) is 19.2 Å². The van der Waals surface area contributed by atoms with Crippen LogP contribution in [0.3, 0.4) is 0 Å². The van der Waals surface area contributed by atoms with Crippen LogP contribution < -0.4 is 10.6 Å². The van der Waals surface area contributed by atoms with E-state index >= 15 is 0 Å². The SMILES string of the molecule is C1CCN2C[C@@H]3C[C@H](CN4CCCC[C@H]34)[C@H]2C1.O=C1CC[C@@H](C(=O)O)N1.O=C1CC[C@@H](C(=O)O)N1. The maximum Gasteiger partial charge on any atom is 0.326 e. The number of carboxylic acid groups (broad SMARTS) is 2. The molecule has 0 aromatic carbocycles. The number of carbonyl (C=O) groups is 4. The van der Waals surface area contributed by atoms with Gasteiger partial charge in [-0.3, -0.25) is 19.4 Å². The second-order valence-electron chi connectivity index (χ2n) is 10.9. The van der Waals surface area contributed by atoms with Gasteiger partial charge in [-0.2, -0.15) is 0 Å². The molecule has 0 spiro atoms. The zero-order valence-electron chi connectivity index (χ0n) is 20.5. The number of piperidine rings is 4. The zero-order valence-corrected chi connectivity index (χ0v) is 20.5. The Labute approximate surface area is 206 Å². The van der Waals surface area contributed by atoms with E-state index in [-0.39, 0.29) is 11.8 Å². The van der Waals surface area contributed by atoms with Crippen molar-refractivity contribution in [2.75, 3.05) is 26.2 Å². The standard InChI is InChI=1S/C15H26N2.2C5H7NO3/c1-3-7-16-11-13-9-12(14(16)5-1)10-17-8-4-2-6-15(13)17;2*7-4-2-1-3(6-4)5(8)9/h12-15H,1-11H2;2*3H,1-2H2,(H,6,7)(H,8,9)/t12-,13+,14-,15-;2*3-/m100/s1. The molecule has 196 valence electrons. The van der Waals surface area contributed by atoms with E-state index in [0.29, 0.717) is 25.7 Å². The molecule has 6 heterocycles. The number of nitrogens with one attached hydrogen (secondary N) is 2. The molecule has 6 saturated heterocycles. The number of aliphatic carboxylic acids is 2. The Morgan fingerprint density at radius 2 is 1.11 bits per heavy atom. The van der Waals surface area contributed by atoms with Gasteiger partial charge in [-0.15, -0.1) is 0 Å². The number of hydrogen-bond donors (Lipinski definition) is 4. The summed E-state index contributed by atoms with van der Waals surface area (Å²) in [7, 11) is 0. The molecule has 0 aliphatic carbocycles. The summed E-state index contributed by atoms with van der Waals surface area (Å²) in [6.07, 6.45) is 12.0. The minimum Gasteiger partial charge on any atom is -0.480 e. The smallest absolute Gasteiger partial charge is 0.326 e. The van der Waals surface area contributed by atoms with Gasteiger partial charge in [0.05, 0.1) is 0 Å². The first kappa shape index (κ1) is 25.9. The Balaban J connectivity index is 0.000000137. The maximum atomic E-state index is 10.4. The monoisotopic (exact) mass is 492 g/mol. The van der Waals surface area contributed by atoms with E-state index in [4.69, 9.17) is 10.2 Å². The molecule has 6 atom stereocenters. The zero-order chi connectivity index (χ0) is 24.9. The molecule has 6 rings (SSSR count). The van der Waals surface area contributed by atoms with E-state index in [2.05, 4.69) is 20.4 Å². The van der Waals surface area contributed by atoms with Crippen molar-refractivity contribution >= 4 is 23.8 Å². The van der Waals surface area contributed by atoms with Crippen molar-refractivity contribution in [3.63, 3.8) is 0 Å². The Hall–Kier alpha value is -2.20. The topological polar surface area (TPSA) is 139 Å². The number of hydrogen-bond acceptors (Lipinski definition) is 6. The van der Waals surface area contributed by atoms with Gasteiger partial charge >= 0.3 is 11.9 Å². The van der Waals surface area contributed by atoms with Crippen molar-refractivity contribution in [3.8, 4) is 0 Å². The molecule has 2 bridgehead atoms. The molecule has 6 fully saturated rings. The molecule has 2 amide bonds. The Bertz CT molecular complexity index is 743. The Morgan fingerprint density at radius 1 is 0.686 bits per heavy atom. The van der Waals surface area contributed by atoms with Gasteiger partial charge in [-0.05, 0) is 69.9 Å². The van der Waals surface area contributed by atoms with E-state index in [0.717, 1.165) is 23.9 Å². The molecule has 6 aliphatic rings. The lowest BCUT2D eigenvalue weighted by molar-refractivity contribution is -0.140. The largest absolute Gasteiger partial charge is 0.480 e. The Kier molecular flexibility index (Phi) is 8.64. The summed E-state index contributed by atoms with van der Waals surface area (Å²) in [5, 5.41) is 21.3. The molecule has 6 aliphatic heterocycles. The lowest BCUT2D eigenvalue weighted by Crippen LogP contribution is -2.63. The number of carboxylic acids is 2. The van der Waals surface area contributed by atoms with Crippen molar-refractivity contribution in [1.29, 1.82) is 0 Å². The van der Waals surface area contributed by atoms with Gasteiger partial charge in [0.15, 0.2) is 0 Å². The van der Waals surface area contributed by atoms with E-state index in [1.807, 2.05) is 0 Å².